The molecule has 2 rings (SSSR count). The highest BCUT2D eigenvalue weighted by Gasteiger charge is 2.37. The molecule has 0 aliphatic carbocycles. The highest BCUT2D eigenvalue weighted by atomic mass is 32.2. The number of carbonyl (C=O) groups excluding carboxylic acids is 3. The summed E-state index contributed by atoms with van der Waals surface area (Å²) in [6.45, 7) is 9.76. The van der Waals surface area contributed by atoms with Crippen LogP contribution in [0.2, 0.25) is 0 Å². The third-order valence-corrected chi connectivity index (χ3v) is 5.26. The van der Waals surface area contributed by atoms with Crippen molar-refractivity contribution in [2.24, 2.45) is 0 Å². The molecule has 1 aromatic rings. The van der Waals surface area contributed by atoms with E-state index in [1.54, 1.807) is 29.2 Å². The average molecular weight is 421 g/mol. The maximum atomic E-state index is 12.7. The van der Waals surface area contributed by atoms with Crippen LogP contribution in [0, 0.1) is 0 Å². The number of ether oxygens (including phenoxy) is 2. The van der Waals surface area contributed by atoms with Crippen LogP contribution in [0.5, 0.6) is 11.5 Å². The summed E-state index contributed by atoms with van der Waals surface area (Å²) in [5, 5.41) is -0.444. The summed E-state index contributed by atoms with van der Waals surface area (Å²) in [5.41, 5.74) is 0.702. The molecule has 0 radical (unpaired) electrons. The smallest absolute Gasteiger partial charge is 0.294 e. The number of methoxy groups -OCH3 is 1. The Bertz CT molecular complexity index is 811. The van der Waals surface area contributed by atoms with Gasteiger partial charge in [-0.2, -0.15) is 0 Å². The van der Waals surface area contributed by atoms with Crippen LogP contribution in [-0.2, 0) is 9.59 Å². The lowest BCUT2D eigenvalue weighted by atomic mass is 10.2. The molecule has 29 heavy (non-hydrogen) atoms. The zero-order valence-electron chi connectivity index (χ0n) is 17.7. The van der Waals surface area contributed by atoms with Gasteiger partial charge < -0.3 is 14.4 Å². The van der Waals surface area contributed by atoms with Crippen molar-refractivity contribution in [3.63, 3.8) is 0 Å². The molecule has 0 atom stereocenters. The van der Waals surface area contributed by atoms with E-state index in [1.807, 2.05) is 34.6 Å². The van der Waals surface area contributed by atoms with E-state index < -0.39 is 11.1 Å². The number of rotatable bonds is 8. The molecule has 1 aliphatic heterocycles. The van der Waals surface area contributed by atoms with E-state index in [0.717, 1.165) is 16.7 Å². The molecule has 1 saturated heterocycles. The fourth-order valence-electron chi connectivity index (χ4n) is 3.23. The summed E-state index contributed by atoms with van der Waals surface area (Å²) in [7, 11) is 1.54. The quantitative estimate of drug-likeness (QED) is 0.596. The van der Waals surface area contributed by atoms with Gasteiger partial charge in [0.25, 0.3) is 11.1 Å². The molecule has 1 fully saturated rings. The predicted molar refractivity (Wildman–Crippen MR) is 114 cm³/mol. The first-order chi connectivity index (χ1) is 13.7. The van der Waals surface area contributed by atoms with Crippen molar-refractivity contribution >= 4 is 34.9 Å². The summed E-state index contributed by atoms with van der Waals surface area (Å²) in [6.07, 6.45) is 1.62. The van der Waals surface area contributed by atoms with E-state index in [0.29, 0.717) is 23.7 Å². The molecule has 0 N–H and O–H groups in total. The SMILES string of the molecule is CCOc1ccc(/C=C2\SC(=O)N(CC(=O)N(C(C)C)C(C)C)C2=O)cc1OC. The number of imide groups is 1. The lowest BCUT2D eigenvalue weighted by Crippen LogP contribution is -2.48. The van der Waals surface area contributed by atoms with Crippen LogP contribution in [0.15, 0.2) is 23.1 Å². The van der Waals surface area contributed by atoms with E-state index in [2.05, 4.69) is 0 Å². The van der Waals surface area contributed by atoms with E-state index in [4.69, 9.17) is 9.47 Å². The van der Waals surface area contributed by atoms with Crippen molar-refractivity contribution in [1.29, 1.82) is 0 Å². The van der Waals surface area contributed by atoms with Gasteiger partial charge in [-0.3, -0.25) is 19.3 Å². The number of amides is 3. The first kappa shape index (κ1) is 22.8. The van der Waals surface area contributed by atoms with Crippen molar-refractivity contribution in [3.05, 3.63) is 28.7 Å². The second-order valence-electron chi connectivity index (χ2n) is 7.10. The number of hydrogen-bond donors (Lipinski definition) is 0. The fraction of sp³-hybridized carbons (Fsp3) is 0.476. The minimum absolute atomic E-state index is 0.0192. The molecule has 1 heterocycles. The highest BCUT2D eigenvalue weighted by molar-refractivity contribution is 8.18. The molecule has 7 nitrogen and oxygen atoms in total. The lowest BCUT2D eigenvalue weighted by Gasteiger charge is -2.31. The molecule has 0 unspecified atom stereocenters. The monoisotopic (exact) mass is 420 g/mol. The first-order valence-electron chi connectivity index (χ1n) is 9.56. The van der Waals surface area contributed by atoms with Crippen LogP contribution >= 0.6 is 11.8 Å². The van der Waals surface area contributed by atoms with Crippen LogP contribution < -0.4 is 9.47 Å². The van der Waals surface area contributed by atoms with Crippen LogP contribution in [0.25, 0.3) is 6.08 Å². The summed E-state index contributed by atoms with van der Waals surface area (Å²) < 4.78 is 10.8. The second-order valence-corrected chi connectivity index (χ2v) is 8.09. The van der Waals surface area contributed by atoms with Crippen LogP contribution in [0.3, 0.4) is 0 Å². The fourth-order valence-corrected chi connectivity index (χ4v) is 4.06. The minimum Gasteiger partial charge on any atom is -0.493 e. The van der Waals surface area contributed by atoms with Gasteiger partial charge in [-0.15, -0.1) is 0 Å². The van der Waals surface area contributed by atoms with Gasteiger partial charge in [-0.25, -0.2) is 0 Å². The molecule has 0 saturated carbocycles. The van der Waals surface area contributed by atoms with Gasteiger partial charge in [-0.05, 0) is 70.2 Å². The number of hydrogen-bond acceptors (Lipinski definition) is 6. The van der Waals surface area contributed by atoms with Crippen molar-refractivity contribution in [3.8, 4) is 11.5 Å². The van der Waals surface area contributed by atoms with Gasteiger partial charge in [0, 0.05) is 12.1 Å². The Hall–Kier alpha value is -2.48. The molecule has 0 bridgehead atoms. The molecular weight excluding hydrogens is 392 g/mol. The molecule has 0 spiro atoms. The molecule has 158 valence electrons. The van der Waals surface area contributed by atoms with Gasteiger partial charge in [0.2, 0.25) is 5.91 Å². The van der Waals surface area contributed by atoms with Crippen LogP contribution in [-0.4, -0.2) is 59.2 Å². The van der Waals surface area contributed by atoms with Gasteiger partial charge in [-0.1, -0.05) is 6.07 Å². The summed E-state index contributed by atoms with van der Waals surface area (Å²) >= 11 is 0.831. The molecular formula is C21H28N2O5S. The Morgan fingerprint density at radius 2 is 1.83 bits per heavy atom. The van der Waals surface area contributed by atoms with Gasteiger partial charge >= 0.3 is 0 Å². The molecule has 3 amide bonds. The zero-order chi connectivity index (χ0) is 21.7. The second kappa shape index (κ2) is 9.82. The number of nitrogens with zero attached hydrogens (tertiary/aromatic N) is 2. The molecule has 1 aromatic carbocycles. The standard InChI is InChI=1S/C21H28N2O5S/c1-7-28-16-9-8-15(10-17(16)27-6)11-18-20(25)22(21(26)29-18)12-19(24)23(13(2)3)14(4)5/h8-11,13-14H,7,12H2,1-6H3/b18-11-. The molecule has 8 heteroatoms. The first-order valence-corrected chi connectivity index (χ1v) is 10.4. The minimum atomic E-state index is -0.464. The van der Waals surface area contributed by atoms with E-state index >= 15 is 0 Å². The van der Waals surface area contributed by atoms with Crippen molar-refractivity contribution in [1.82, 2.24) is 9.80 Å². The summed E-state index contributed by atoms with van der Waals surface area (Å²) in [5.74, 6) is 0.433. The Morgan fingerprint density at radius 1 is 1.17 bits per heavy atom. The predicted octanol–water partition coefficient (Wildman–Crippen LogP) is 3.78. The topological polar surface area (TPSA) is 76.2 Å². The van der Waals surface area contributed by atoms with Crippen LogP contribution in [0.4, 0.5) is 4.79 Å². The van der Waals surface area contributed by atoms with Crippen molar-refractivity contribution < 1.29 is 23.9 Å². The van der Waals surface area contributed by atoms with Gasteiger partial charge in [0.15, 0.2) is 11.5 Å². The van der Waals surface area contributed by atoms with E-state index in [-0.39, 0.29) is 29.4 Å². The number of thioether (sulfide) groups is 1. The average Bonchev–Trinajstić information content (AvgIpc) is 2.90. The van der Waals surface area contributed by atoms with Gasteiger partial charge in [0.1, 0.15) is 6.54 Å². The lowest BCUT2D eigenvalue weighted by molar-refractivity contribution is -0.138. The Balaban J connectivity index is 2.21. The Kier molecular flexibility index (Phi) is 7.73. The summed E-state index contributed by atoms with van der Waals surface area (Å²) in [6, 6.07) is 5.24. The number of carbonyl (C=O) groups is 3. The molecule has 1 aliphatic rings. The third-order valence-electron chi connectivity index (χ3n) is 4.35. The van der Waals surface area contributed by atoms with E-state index in [1.165, 1.54) is 7.11 Å². The zero-order valence-corrected chi connectivity index (χ0v) is 18.5. The van der Waals surface area contributed by atoms with Crippen molar-refractivity contribution in [2.75, 3.05) is 20.3 Å². The maximum Gasteiger partial charge on any atom is 0.294 e. The normalized spacial score (nSPS) is 15.6. The maximum absolute atomic E-state index is 12.7. The highest BCUT2D eigenvalue weighted by Crippen LogP contribution is 2.34. The van der Waals surface area contributed by atoms with E-state index in [9.17, 15) is 14.4 Å². The number of benzene rings is 1. The van der Waals surface area contributed by atoms with Gasteiger partial charge in [0.05, 0.1) is 18.6 Å². The Labute approximate surface area is 176 Å². The van der Waals surface area contributed by atoms with Crippen LogP contribution in [0.1, 0.15) is 40.2 Å². The van der Waals surface area contributed by atoms with Crippen molar-refractivity contribution in [2.45, 2.75) is 46.7 Å². The largest absolute Gasteiger partial charge is 0.493 e. The summed E-state index contributed by atoms with van der Waals surface area (Å²) in [4.78, 5) is 40.7. The molecule has 0 aromatic heterocycles. The Morgan fingerprint density at radius 3 is 2.38 bits per heavy atom. The third kappa shape index (κ3) is 5.32.